The van der Waals surface area contributed by atoms with Gasteiger partial charge < -0.3 is 18.8 Å². The largest absolute Gasteiger partial charge is 0.463 e. The third-order valence-electron chi connectivity index (χ3n) is 3.48. The molecule has 0 bridgehead atoms. The fraction of sp³-hybridized carbons (Fsp3) is 0.176. The van der Waals surface area contributed by atoms with E-state index in [-0.39, 0.29) is 5.76 Å². The molecule has 6 nitrogen and oxygen atoms in total. The van der Waals surface area contributed by atoms with Crippen molar-refractivity contribution in [2.75, 3.05) is 7.11 Å². The minimum absolute atomic E-state index is 0.146. The third-order valence-corrected chi connectivity index (χ3v) is 3.48. The Morgan fingerprint density at radius 2 is 2.09 bits per heavy atom. The first-order valence-corrected chi connectivity index (χ1v) is 7.10. The number of hydrogen-bond acceptors (Lipinski definition) is 5. The molecule has 0 fully saturated rings. The molecule has 118 valence electrons. The standard InChI is InChI=1S/C17H16N2O4/c1-22-17(21)14-8-7-13(23-14)11-19-10-9-18-16(19)15(20)12-5-3-2-4-6-12/h2-10,15,20H,11H2,1H3/t15-/m1/s1. The van der Waals surface area contributed by atoms with Crippen LogP contribution in [0, 0.1) is 0 Å². The van der Waals surface area contributed by atoms with Crippen molar-refractivity contribution >= 4 is 5.97 Å². The molecule has 0 saturated carbocycles. The summed E-state index contributed by atoms with van der Waals surface area (Å²) in [6.07, 6.45) is 2.54. The summed E-state index contributed by atoms with van der Waals surface area (Å²) in [5.74, 6) is 0.705. The summed E-state index contributed by atoms with van der Waals surface area (Å²) in [7, 11) is 1.30. The van der Waals surface area contributed by atoms with E-state index in [2.05, 4.69) is 9.72 Å². The second kappa shape index (κ2) is 6.50. The molecule has 1 N–H and O–H groups in total. The summed E-state index contributed by atoms with van der Waals surface area (Å²) in [6, 6.07) is 12.6. The van der Waals surface area contributed by atoms with E-state index in [1.807, 2.05) is 30.3 Å². The van der Waals surface area contributed by atoms with E-state index in [1.165, 1.54) is 7.11 Å². The van der Waals surface area contributed by atoms with Crippen LogP contribution in [0.3, 0.4) is 0 Å². The van der Waals surface area contributed by atoms with Crippen LogP contribution in [0.1, 0.15) is 33.8 Å². The number of aromatic nitrogens is 2. The van der Waals surface area contributed by atoms with Gasteiger partial charge >= 0.3 is 5.97 Å². The number of hydrogen-bond donors (Lipinski definition) is 1. The molecule has 0 aliphatic heterocycles. The van der Waals surface area contributed by atoms with Gasteiger partial charge in [0, 0.05) is 12.4 Å². The van der Waals surface area contributed by atoms with E-state index in [9.17, 15) is 9.90 Å². The van der Waals surface area contributed by atoms with E-state index in [0.717, 1.165) is 5.56 Å². The number of esters is 1. The van der Waals surface area contributed by atoms with Crippen LogP contribution in [0.15, 0.2) is 59.3 Å². The maximum absolute atomic E-state index is 11.4. The lowest BCUT2D eigenvalue weighted by Gasteiger charge is -2.12. The van der Waals surface area contributed by atoms with E-state index in [1.54, 1.807) is 29.1 Å². The van der Waals surface area contributed by atoms with Gasteiger partial charge in [0.1, 0.15) is 17.7 Å². The maximum atomic E-state index is 11.4. The predicted octanol–water partition coefficient (Wildman–Crippen LogP) is 2.39. The Labute approximate surface area is 133 Å². The highest BCUT2D eigenvalue weighted by molar-refractivity contribution is 5.86. The molecule has 0 unspecified atom stereocenters. The second-order valence-electron chi connectivity index (χ2n) is 4.98. The van der Waals surface area contributed by atoms with Crippen LogP contribution in [0.5, 0.6) is 0 Å². The average Bonchev–Trinajstić information content (AvgIpc) is 3.24. The zero-order valence-corrected chi connectivity index (χ0v) is 12.5. The number of nitrogens with zero attached hydrogens (tertiary/aromatic N) is 2. The normalized spacial score (nSPS) is 12.1. The van der Waals surface area contributed by atoms with Crippen LogP contribution in [0.2, 0.25) is 0 Å². The van der Waals surface area contributed by atoms with Gasteiger partial charge in [-0.25, -0.2) is 9.78 Å². The monoisotopic (exact) mass is 312 g/mol. The molecule has 3 rings (SSSR count). The zero-order chi connectivity index (χ0) is 16.2. The molecular weight excluding hydrogens is 296 g/mol. The second-order valence-corrected chi connectivity index (χ2v) is 4.98. The van der Waals surface area contributed by atoms with Crippen LogP contribution < -0.4 is 0 Å². The predicted molar refractivity (Wildman–Crippen MR) is 81.9 cm³/mol. The quantitative estimate of drug-likeness (QED) is 0.732. The Bertz CT molecular complexity index is 792. The highest BCUT2D eigenvalue weighted by Crippen LogP contribution is 2.21. The number of ether oxygens (including phenoxy) is 1. The number of carbonyl (C=O) groups is 1. The molecule has 2 aromatic heterocycles. The molecule has 0 radical (unpaired) electrons. The number of aliphatic hydroxyl groups excluding tert-OH is 1. The van der Waals surface area contributed by atoms with Crippen molar-refractivity contribution in [1.82, 2.24) is 9.55 Å². The van der Waals surface area contributed by atoms with Crippen molar-refractivity contribution in [3.63, 3.8) is 0 Å². The highest BCUT2D eigenvalue weighted by atomic mass is 16.5. The Kier molecular flexibility index (Phi) is 4.25. The molecule has 1 aromatic carbocycles. The molecular formula is C17H16N2O4. The topological polar surface area (TPSA) is 77.5 Å². The van der Waals surface area contributed by atoms with Crippen molar-refractivity contribution in [1.29, 1.82) is 0 Å². The minimum Gasteiger partial charge on any atom is -0.463 e. The third kappa shape index (κ3) is 3.17. The van der Waals surface area contributed by atoms with Crippen molar-refractivity contribution in [2.24, 2.45) is 0 Å². The lowest BCUT2D eigenvalue weighted by Crippen LogP contribution is -2.10. The van der Waals surface area contributed by atoms with Crippen molar-refractivity contribution in [3.8, 4) is 0 Å². The molecule has 6 heteroatoms. The van der Waals surface area contributed by atoms with Gasteiger partial charge in [-0.15, -0.1) is 0 Å². The van der Waals surface area contributed by atoms with Gasteiger partial charge in [-0.05, 0) is 17.7 Å². The SMILES string of the molecule is COC(=O)c1ccc(Cn2ccnc2[C@H](O)c2ccccc2)o1. The molecule has 1 atom stereocenters. The molecule has 2 heterocycles. The Morgan fingerprint density at radius 1 is 1.30 bits per heavy atom. The van der Waals surface area contributed by atoms with Gasteiger partial charge in [0.25, 0.3) is 0 Å². The average molecular weight is 312 g/mol. The number of methoxy groups -OCH3 is 1. The van der Waals surface area contributed by atoms with E-state index in [0.29, 0.717) is 18.1 Å². The Balaban J connectivity index is 1.81. The molecule has 3 aromatic rings. The molecule has 23 heavy (non-hydrogen) atoms. The number of furan rings is 1. The number of carbonyl (C=O) groups excluding carboxylic acids is 1. The number of imidazole rings is 1. The van der Waals surface area contributed by atoms with E-state index in [4.69, 9.17) is 4.42 Å². The van der Waals surface area contributed by atoms with Crippen molar-refractivity contribution < 1.29 is 19.1 Å². The van der Waals surface area contributed by atoms with E-state index >= 15 is 0 Å². The summed E-state index contributed by atoms with van der Waals surface area (Å²) in [5, 5.41) is 10.5. The van der Waals surface area contributed by atoms with Crippen LogP contribution >= 0.6 is 0 Å². The summed E-state index contributed by atoms with van der Waals surface area (Å²) in [4.78, 5) is 15.6. The number of rotatable bonds is 5. The summed E-state index contributed by atoms with van der Waals surface area (Å²) >= 11 is 0. The van der Waals surface area contributed by atoms with Crippen LogP contribution in [-0.2, 0) is 11.3 Å². The molecule has 0 saturated heterocycles. The number of benzene rings is 1. The van der Waals surface area contributed by atoms with E-state index < -0.39 is 12.1 Å². The number of aliphatic hydroxyl groups is 1. The summed E-state index contributed by atoms with van der Waals surface area (Å²) in [6.45, 7) is 0.357. The molecule has 0 aliphatic rings. The van der Waals surface area contributed by atoms with Crippen LogP contribution in [0.25, 0.3) is 0 Å². The van der Waals surface area contributed by atoms with Crippen LogP contribution in [0.4, 0.5) is 0 Å². The Hall–Kier alpha value is -2.86. The zero-order valence-electron chi connectivity index (χ0n) is 12.5. The first-order chi connectivity index (χ1) is 11.2. The fourth-order valence-electron chi connectivity index (χ4n) is 2.33. The summed E-state index contributed by atoms with van der Waals surface area (Å²) in [5.41, 5.74) is 0.759. The minimum atomic E-state index is -0.832. The summed E-state index contributed by atoms with van der Waals surface area (Å²) < 4.78 is 11.8. The van der Waals surface area contributed by atoms with Crippen LogP contribution in [-0.4, -0.2) is 27.7 Å². The first kappa shape index (κ1) is 15.1. The van der Waals surface area contributed by atoms with Gasteiger partial charge in [0.05, 0.1) is 13.7 Å². The van der Waals surface area contributed by atoms with Crippen molar-refractivity contribution in [3.05, 3.63) is 77.8 Å². The smallest absolute Gasteiger partial charge is 0.373 e. The maximum Gasteiger partial charge on any atom is 0.373 e. The first-order valence-electron chi connectivity index (χ1n) is 7.10. The van der Waals surface area contributed by atoms with Gasteiger partial charge in [-0.3, -0.25) is 0 Å². The van der Waals surface area contributed by atoms with Gasteiger partial charge in [-0.1, -0.05) is 30.3 Å². The Morgan fingerprint density at radius 3 is 2.83 bits per heavy atom. The van der Waals surface area contributed by atoms with Crippen molar-refractivity contribution in [2.45, 2.75) is 12.6 Å². The molecule has 0 spiro atoms. The van der Waals surface area contributed by atoms with Gasteiger partial charge in [0.15, 0.2) is 0 Å². The fourth-order valence-corrected chi connectivity index (χ4v) is 2.33. The van der Waals surface area contributed by atoms with Gasteiger partial charge in [0.2, 0.25) is 5.76 Å². The van der Waals surface area contributed by atoms with Gasteiger partial charge in [-0.2, -0.15) is 0 Å². The lowest BCUT2D eigenvalue weighted by atomic mass is 10.1. The highest BCUT2D eigenvalue weighted by Gasteiger charge is 2.17. The molecule has 0 amide bonds. The lowest BCUT2D eigenvalue weighted by molar-refractivity contribution is 0.0562. The molecule has 0 aliphatic carbocycles.